The number of hydrogen-bond acceptors (Lipinski definition) is 4. The molecule has 4 aromatic rings. The van der Waals surface area contributed by atoms with Gasteiger partial charge in [0.15, 0.2) is 0 Å². The summed E-state index contributed by atoms with van der Waals surface area (Å²) < 4.78 is 33.2. The van der Waals surface area contributed by atoms with Gasteiger partial charge in [-0.25, -0.2) is 4.39 Å². The second-order valence-electron chi connectivity index (χ2n) is 10.3. The van der Waals surface area contributed by atoms with Crippen LogP contribution in [0.2, 0.25) is 5.02 Å². The van der Waals surface area contributed by atoms with E-state index >= 15 is 0 Å². The van der Waals surface area contributed by atoms with E-state index in [4.69, 9.17) is 25.8 Å². The molecule has 4 nitrogen and oxygen atoms in total. The molecule has 202 valence electrons. The lowest BCUT2D eigenvalue weighted by atomic mass is 9.87. The van der Waals surface area contributed by atoms with Crippen LogP contribution in [0.15, 0.2) is 97.1 Å². The van der Waals surface area contributed by atoms with Crippen molar-refractivity contribution in [1.29, 1.82) is 0 Å². The van der Waals surface area contributed by atoms with E-state index in [0.717, 1.165) is 34.5 Å². The van der Waals surface area contributed by atoms with Crippen molar-refractivity contribution in [2.24, 2.45) is 0 Å². The van der Waals surface area contributed by atoms with E-state index in [2.05, 4.69) is 17.4 Å². The molecule has 2 unspecified atom stereocenters. The van der Waals surface area contributed by atoms with Crippen LogP contribution in [0.1, 0.15) is 42.2 Å². The van der Waals surface area contributed by atoms with Crippen LogP contribution in [0.25, 0.3) is 0 Å². The summed E-state index contributed by atoms with van der Waals surface area (Å²) in [7, 11) is 0. The van der Waals surface area contributed by atoms with E-state index in [9.17, 15) is 4.39 Å². The van der Waals surface area contributed by atoms with Gasteiger partial charge in [-0.15, -0.1) is 0 Å². The molecule has 0 saturated heterocycles. The predicted octanol–water partition coefficient (Wildman–Crippen LogP) is 8.15. The Bertz CT molecular complexity index is 1390. The summed E-state index contributed by atoms with van der Waals surface area (Å²) in [6.45, 7) is 5.47. The van der Waals surface area contributed by atoms with Gasteiger partial charge in [0, 0.05) is 22.8 Å². The Kier molecular flexibility index (Phi) is 8.51. The van der Waals surface area contributed by atoms with Gasteiger partial charge >= 0.3 is 0 Å². The van der Waals surface area contributed by atoms with Crippen molar-refractivity contribution in [3.63, 3.8) is 0 Å². The van der Waals surface area contributed by atoms with Crippen LogP contribution in [0.5, 0.6) is 5.75 Å². The number of anilines is 1. The Labute approximate surface area is 234 Å². The molecule has 1 N–H and O–H groups in total. The van der Waals surface area contributed by atoms with Gasteiger partial charge in [-0.05, 0) is 79.4 Å². The molecule has 0 bridgehead atoms. The Morgan fingerprint density at radius 3 is 2.41 bits per heavy atom. The van der Waals surface area contributed by atoms with Crippen molar-refractivity contribution in [3.8, 4) is 5.75 Å². The minimum Gasteiger partial charge on any atom is -0.485 e. The van der Waals surface area contributed by atoms with Crippen LogP contribution in [0.4, 0.5) is 10.1 Å². The van der Waals surface area contributed by atoms with Crippen molar-refractivity contribution in [3.05, 3.63) is 130 Å². The first kappa shape index (κ1) is 27.2. The fourth-order valence-corrected chi connectivity index (χ4v) is 5.13. The molecule has 1 aliphatic heterocycles. The molecule has 0 aromatic heterocycles. The first-order valence-electron chi connectivity index (χ1n) is 13.2. The standard InChI is InChI=1S/C33H33ClFNO3/c1-33(2)32(38-22-25-11-6-12-26(34)18-25)31(37-17-16-23-8-4-3-5-9-23)29-20-28(14-15-30(29)39-33)36-21-24-10-7-13-27(35)19-24/h3-15,18-20,31-32,36H,16-17,21-22H2,1-2H3. The van der Waals surface area contributed by atoms with Crippen molar-refractivity contribution in [1.82, 2.24) is 0 Å². The maximum Gasteiger partial charge on any atom is 0.132 e. The number of halogens is 2. The fraction of sp³-hybridized carbons (Fsp3) is 0.273. The highest BCUT2D eigenvalue weighted by Crippen LogP contribution is 2.44. The lowest BCUT2D eigenvalue weighted by Gasteiger charge is -2.44. The van der Waals surface area contributed by atoms with Crippen LogP contribution < -0.4 is 10.1 Å². The third-order valence-corrected chi connectivity index (χ3v) is 7.12. The Hall–Kier alpha value is -3.38. The average Bonchev–Trinajstić information content (AvgIpc) is 2.92. The number of ether oxygens (including phenoxy) is 3. The van der Waals surface area contributed by atoms with Crippen molar-refractivity contribution in [2.45, 2.75) is 51.2 Å². The minimum atomic E-state index is -0.639. The maximum atomic E-state index is 13.7. The highest BCUT2D eigenvalue weighted by molar-refractivity contribution is 6.30. The van der Waals surface area contributed by atoms with Gasteiger partial charge in [-0.3, -0.25) is 0 Å². The SMILES string of the molecule is CC1(C)Oc2ccc(NCc3cccc(F)c3)cc2C(OCCc2ccccc2)C1OCc1cccc(Cl)c1. The Morgan fingerprint density at radius 1 is 0.846 bits per heavy atom. The molecular weight excluding hydrogens is 513 g/mol. The number of benzene rings is 4. The van der Waals surface area contributed by atoms with Crippen LogP contribution in [-0.4, -0.2) is 18.3 Å². The molecule has 0 saturated carbocycles. The molecule has 0 spiro atoms. The third-order valence-electron chi connectivity index (χ3n) is 6.88. The predicted molar refractivity (Wildman–Crippen MR) is 154 cm³/mol. The fourth-order valence-electron chi connectivity index (χ4n) is 4.92. The average molecular weight is 546 g/mol. The van der Waals surface area contributed by atoms with Crippen LogP contribution in [0.3, 0.4) is 0 Å². The molecule has 1 aliphatic rings. The van der Waals surface area contributed by atoms with Crippen LogP contribution >= 0.6 is 11.6 Å². The number of nitrogens with one attached hydrogen (secondary N) is 1. The highest BCUT2D eigenvalue weighted by Gasteiger charge is 2.45. The van der Waals surface area contributed by atoms with E-state index in [0.29, 0.717) is 24.8 Å². The van der Waals surface area contributed by atoms with Gasteiger partial charge in [-0.1, -0.05) is 66.2 Å². The van der Waals surface area contributed by atoms with E-state index in [1.54, 1.807) is 6.07 Å². The monoisotopic (exact) mass is 545 g/mol. The summed E-state index contributed by atoms with van der Waals surface area (Å²) in [6, 6.07) is 30.6. The van der Waals surface area contributed by atoms with E-state index in [1.165, 1.54) is 17.7 Å². The highest BCUT2D eigenvalue weighted by atomic mass is 35.5. The first-order chi connectivity index (χ1) is 18.9. The Morgan fingerprint density at radius 2 is 1.62 bits per heavy atom. The van der Waals surface area contributed by atoms with Crippen molar-refractivity contribution in [2.75, 3.05) is 11.9 Å². The smallest absolute Gasteiger partial charge is 0.132 e. The second-order valence-corrected chi connectivity index (χ2v) is 10.8. The third kappa shape index (κ3) is 6.99. The van der Waals surface area contributed by atoms with Crippen LogP contribution in [0, 0.1) is 5.82 Å². The largest absolute Gasteiger partial charge is 0.485 e. The molecule has 4 aromatic carbocycles. The quantitative estimate of drug-likeness (QED) is 0.218. The van der Waals surface area contributed by atoms with Gasteiger partial charge in [0.1, 0.15) is 29.4 Å². The van der Waals surface area contributed by atoms with Gasteiger partial charge < -0.3 is 19.5 Å². The molecule has 6 heteroatoms. The van der Waals surface area contributed by atoms with Crippen molar-refractivity contribution < 1.29 is 18.6 Å². The molecular formula is C33H33ClFNO3. The molecule has 0 aliphatic carbocycles. The van der Waals surface area contributed by atoms with Gasteiger partial charge in [0.25, 0.3) is 0 Å². The zero-order valence-corrected chi connectivity index (χ0v) is 23.0. The summed E-state index contributed by atoms with van der Waals surface area (Å²) >= 11 is 6.21. The van der Waals surface area contributed by atoms with Gasteiger partial charge in [0.2, 0.25) is 0 Å². The summed E-state index contributed by atoms with van der Waals surface area (Å²) in [5.74, 6) is 0.519. The lowest BCUT2D eigenvalue weighted by Crippen LogP contribution is -2.51. The zero-order valence-electron chi connectivity index (χ0n) is 22.2. The molecule has 0 amide bonds. The number of fused-ring (bicyclic) bond motifs is 1. The summed E-state index contributed by atoms with van der Waals surface area (Å²) in [6.07, 6.45) is 0.0488. The second kappa shape index (κ2) is 12.2. The molecule has 0 radical (unpaired) electrons. The number of hydrogen-bond donors (Lipinski definition) is 1. The zero-order chi connectivity index (χ0) is 27.2. The van der Waals surface area contributed by atoms with Crippen molar-refractivity contribution >= 4 is 17.3 Å². The molecule has 1 heterocycles. The first-order valence-corrected chi connectivity index (χ1v) is 13.6. The van der Waals surface area contributed by atoms with Gasteiger partial charge in [0.05, 0.1) is 13.2 Å². The topological polar surface area (TPSA) is 39.7 Å². The maximum absolute atomic E-state index is 13.7. The summed E-state index contributed by atoms with van der Waals surface area (Å²) in [5, 5.41) is 4.08. The van der Waals surface area contributed by atoms with E-state index in [1.807, 2.05) is 80.6 Å². The van der Waals surface area contributed by atoms with E-state index < -0.39 is 5.60 Å². The molecule has 5 rings (SSSR count). The molecule has 2 atom stereocenters. The lowest BCUT2D eigenvalue weighted by molar-refractivity contribution is -0.167. The van der Waals surface area contributed by atoms with E-state index in [-0.39, 0.29) is 18.0 Å². The van der Waals surface area contributed by atoms with Crippen LogP contribution in [-0.2, 0) is 29.0 Å². The Balaban J connectivity index is 1.39. The normalized spacial score (nSPS) is 17.7. The molecule has 0 fully saturated rings. The number of rotatable bonds is 10. The summed E-state index contributed by atoms with van der Waals surface area (Å²) in [5.41, 5.74) is 4.24. The minimum absolute atomic E-state index is 0.248. The summed E-state index contributed by atoms with van der Waals surface area (Å²) in [4.78, 5) is 0. The molecule has 39 heavy (non-hydrogen) atoms. The van der Waals surface area contributed by atoms with Gasteiger partial charge in [-0.2, -0.15) is 0 Å².